The SMILES string of the molecule is CC(=O)N1CCC[C@H](NCCn2nc(C)cc2C)[C@@H]1Cc1ccc(F)cc1. The summed E-state index contributed by atoms with van der Waals surface area (Å²) in [6.07, 6.45) is 2.77. The van der Waals surface area contributed by atoms with Crippen LogP contribution in [-0.2, 0) is 17.8 Å². The highest BCUT2D eigenvalue weighted by molar-refractivity contribution is 5.73. The Kier molecular flexibility index (Phi) is 6.26. The number of carbonyl (C=O) groups excluding carboxylic acids is 1. The predicted molar refractivity (Wildman–Crippen MR) is 104 cm³/mol. The molecule has 3 rings (SSSR count). The van der Waals surface area contributed by atoms with E-state index < -0.39 is 0 Å². The van der Waals surface area contributed by atoms with Crippen molar-refractivity contribution in [2.24, 2.45) is 0 Å². The molecule has 146 valence electrons. The lowest BCUT2D eigenvalue weighted by molar-refractivity contribution is -0.133. The van der Waals surface area contributed by atoms with Gasteiger partial charge in [-0.1, -0.05) is 12.1 Å². The third kappa shape index (κ3) is 4.95. The first kappa shape index (κ1) is 19.5. The number of aromatic nitrogens is 2. The van der Waals surface area contributed by atoms with Crippen LogP contribution < -0.4 is 5.32 Å². The molecule has 0 bridgehead atoms. The van der Waals surface area contributed by atoms with Gasteiger partial charge in [-0.3, -0.25) is 9.48 Å². The van der Waals surface area contributed by atoms with Crippen molar-refractivity contribution in [3.05, 3.63) is 53.1 Å². The van der Waals surface area contributed by atoms with Gasteiger partial charge in [-0.2, -0.15) is 5.10 Å². The molecule has 1 N–H and O–H groups in total. The molecule has 2 aromatic rings. The van der Waals surface area contributed by atoms with Gasteiger partial charge in [-0.15, -0.1) is 0 Å². The summed E-state index contributed by atoms with van der Waals surface area (Å²) in [6.45, 7) is 8.10. The monoisotopic (exact) mass is 372 g/mol. The molecule has 0 unspecified atom stereocenters. The first-order chi connectivity index (χ1) is 12.9. The Hall–Kier alpha value is -2.21. The summed E-state index contributed by atoms with van der Waals surface area (Å²) >= 11 is 0. The van der Waals surface area contributed by atoms with Gasteiger partial charge in [0.1, 0.15) is 5.82 Å². The van der Waals surface area contributed by atoms with Crippen molar-refractivity contribution in [2.75, 3.05) is 13.1 Å². The number of likely N-dealkylation sites (tertiary alicyclic amines) is 1. The lowest BCUT2D eigenvalue weighted by Crippen LogP contribution is -2.56. The van der Waals surface area contributed by atoms with Gasteiger partial charge in [0, 0.05) is 31.7 Å². The van der Waals surface area contributed by atoms with E-state index in [4.69, 9.17) is 0 Å². The van der Waals surface area contributed by atoms with Gasteiger partial charge in [0.05, 0.1) is 18.3 Å². The maximum absolute atomic E-state index is 13.2. The Morgan fingerprint density at radius 3 is 2.67 bits per heavy atom. The van der Waals surface area contributed by atoms with Crippen molar-refractivity contribution >= 4 is 5.91 Å². The maximum atomic E-state index is 13.2. The minimum atomic E-state index is -0.231. The van der Waals surface area contributed by atoms with Gasteiger partial charge in [0.25, 0.3) is 0 Å². The zero-order valence-corrected chi connectivity index (χ0v) is 16.4. The average Bonchev–Trinajstić information content (AvgIpc) is 2.95. The Labute approximate surface area is 160 Å². The topological polar surface area (TPSA) is 50.2 Å². The first-order valence-electron chi connectivity index (χ1n) is 9.70. The molecule has 1 amide bonds. The molecular weight excluding hydrogens is 343 g/mol. The predicted octanol–water partition coefficient (Wildman–Crippen LogP) is 2.85. The average molecular weight is 372 g/mol. The second kappa shape index (κ2) is 8.65. The van der Waals surface area contributed by atoms with Gasteiger partial charge in [0.2, 0.25) is 5.91 Å². The molecule has 2 heterocycles. The Balaban J connectivity index is 1.67. The van der Waals surface area contributed by atoms with E-state index in [2.05, 4.69) is 23.4 Å². The quantitative estimate of drug-likeness (QED) is 0.848. The molecule has 1 aliphatic heterocycles. The number of halogens is 1. The van der Waals surface area contributed by atoms with Crippen molar-refractivity contribution < 1.29 is 9.18 Å². The third-order valence-corrected chi connectivity index (χ3v) is 5.37. The number of hydrogen-bond acceptors (Lipinski definition) is 3. The second-order valence-electron chi connectivity index (χ2n) is 7.46. The number of benzene rings is 1. The molecule has 0 saturated carbocycles. The summed E-state index contributed by atoms with van der Waals surface area (Å²) in [5.41, 5.74) is 3.24. The smallest absolute Gasteiger partial charge is 0.219 e. The molecule has 0 aliphatic carbocycles. The highest BCUT2D eigenvalue weighted by Crippen LogP contribution is 2.22. The van der Waals surface area contributed by atoms with Crippen LogP contribution >= 0.6 is 0 Å². The summed E-state index contributed by atoms with van der Waals surface area (Å²) < 4.78 is 15.2. The number of hydrogen-bond donors (Lipinski definition) is 1. The van der Waals surface area contributed by atoms with Crippen LogP contribution in [0.15, 0.2) is 30.3 Å². The lowest BCUT2D eigenvalue weighted by Gasteiger charge is -2.41. The van der Waals surface area contributed by atoms with Crippen LogP contribution in [0.1, 0.15) is 36.7 Å². The lowest BCUT2D eigenvalue weighted by atomic mass is 9.90. The van der Waals surface area contributed by atoms with E-state index in [1.165, 1.54) is 12.1 Å². The number of carbonyl (C=O) groups is 1. The summed E-state index contributed by atoms with van der Waals surface area (Å²) in [6, 6.07) is 9.00. The summed E-state index contributed by atoms with van der Waals surface area (Å²) in [4.78, 5) is 14.1. The van der Waals surface area contributed by atoms with E-state index in [9.17, 15) is 9.18 Å². The van der Waals surface area contributed by atoms with Crippen LogP contribution in [0.5, 0.6) is 0 Å². The number of rotatable bonds is 6. The van der Waals surface area contributed by atoms with Gasteiger partial charge in [-0.25, -0.2) is 4.39 Å². The Morgan fingerprint density at radius 1 is 1.30 bits per heavy atom. The van der Waals surface area contributed by atoms with Crippen molar-refractivity contribution in [2.45, 2.75) is 58.7 Å². The summed E-state index contributed by atoms with van der Waals surface area (Å²) in [5, 5.41) is 8.15. The summed E-state index contributed by atoms with van der Waals surface area (Å²) in [5.74, 6) is -0.127. The maximum Gasteiger partial charge on any atom is 0.219 e. The van der Waals surface area contributed by atoms with Gasteiger partial charge in [-0.05, 0) is 56.9 Å². The molecule has 1 fully saturated rings. The molecule has 1 aromatic carbocycles. The molecular formula is C21H29FN4O. The standard InChI is InChI=1S/C21H29FN4O/c1-15-13-16(2)26(24-15)12-10-23-20-5-4-11-25(17(3)27)21(20)14-18-6-8-19(22)9-7-18/h6-9,13,20-21,23H,4-5,10-12,14H2,1-3H3/t20-,21-/m0/s1. The van der Waals surface area contributed by atoms with Gasteiger partial charge in [0.15, 0.2) is 0 Å². The van der Waals surface area contributed by atoms with Crippen LogP contribution in [0.4, 0.5) is 4.39 Å². The van der Waals surface area contributed by atoms with E-state index >= 15 is 0 Å². The molecule has 5 nitrogen and oxygen atoms in total. The Bertz CT molecular complexity index is 771. The van der Waals surface area contributed by atoms with Crippen LogP contribution in [0.25, 0.3) is 0 Å². The van der Waals surface area contributed by atoms with E-state index in [0.29, 0.717) is 0 Å². The zero-order chi connectivity index (χ0) is 19.4. The van der Waals surface area contributed by atoms with Crippen molar-refractivity contribution in [3.63, 3.8) is 0 Å². The normalized spacial score (nSPS) is 20.1. The molecule has 6 heteroatoms. The van der Waals surface area contributed by atoms with Crippen molar-refractivity contribution in [1.82, 2.24) is 20.0 Å². The largest absolute Gasteiger partial charge is 0.338 e. The highest BCUT2D eigenvalue weighted by atomic mass is 19.1. The zero-order valence-electron chi connectivity index (χ0n) is 16.4. The van der Waals surface area contributed by atoms with Crippen LogP contribution in [-0.4, -0.2) is 45.8 Å². The van der Waals surface area contributed by atoms with Gasteiger partial charge >= 0.3 is 0 Å². The molecule has 0 spiro atoms. The molecule has 1 aliphatic rings. The number of aryl methyl sites for hydroxylation is 2. The van der Waals surface area contributed by atoms with E-state index in [1.54, 1.807) is 6.92 Å². The third-order valence-electron chi connectivity index (χ3n) is 5.37. The fraction of sp³-hybridized carbons (Fsp3) is 0.524. The van der Waals surface area contributed by atoms with Gasteiger partial charge < -0.3 is 10.2 Å². The molecule has 27 heavy (non-hydrogen) atoms. The number of piperidine rings is 1. The van der Waals surface area contributed by atoms with E-state index in [-0.39, 0.29) is 23.8 Å². The number of nitrogens with one attached hydrogen (secondary N) is 1. The van der Waals surface area contributed by atoms with E-state index in [0.717, 1.165) is 55.8 Å². The second-order valence-corrected chi connectivity index (χ2v) is 7.46. The molecule has 1 aromatic heterocycles. The highest BCUT2D eigenvalue weighted by Gasteiger charge is 2.32. The van der Waals surface area contributed by atoms with Crippen LogP contribution in [0.3, 0.4) is 0 Å². The first-order valence-corrected chi connectivity index (χ1v) is 9.70. The van der Waals surface area contributed by atoms with E-state index in [1.807, 2.05) is 28.6 Å². The minimum absolute atomic E-state index is 0.0853. The Morgan fingerprint density at radius 2 is 2.04 bits per heavy atom. The van der Waals surface area contributed by atoms with Crippen molar-refractivity contribution in [1.29, 1.82) is 0 Å². The number of amides is 1. The van der Waals surface area contributed by atoms with Crippen LogP contribution in [0.2, 0.25) is 0 Å². The van der Waals surface area contributed by atoms with Crippen molar-refractivity contribution in [3.8, 4) is 0 Å². The molecule has 2 atom stereocenters. The molecule has 0 radical (unpaired) electrons. The molecule has 1 saturated heterocycles. The number of nitrogens with zero attached hydrogens (tertiary/aromatic N) is 3. The van der Waals surface area contributed by atoms with Crippen LogP contribution in [0, 0.1) is 19.7 Å². The fourth-order valence-electron chi connectivity index (χ4n) is 4.06. The minimum Gasteiger partial charge on any atom is -0.338 e. The summed E-state index contributed by atoms with van der Waals surface area (Å²) in [7, 11) is 0. The fourth-order valence-corrected chi connectivity index (χ4v) is 4.06.